The van der Waals surface area contributed by atoms with Gasteiger partial charge in [0, 0.05) is 6.20 Å². The van der Waals surface area contributed by atoms with Gasteiger partial charge in [0.2, 0.25) is 0 Å². The number of thioether (sulfide) groups is 1. The summed E-state index contributed by atoms with van der Waals surface area (Å²) in [7, 11) is 0. The largest absolute Gasteiger partial charge is 0.465 e. The van der Waals surface area contributed by atoms with Gasteiger partial charge in [0.05, 0.1) is 6.61 Å². The second kappa shape index (κ2) is 7.47. The van der Waals surface area contributed by atoms with Gasteiger partial charge in [-0.2, -0.15) is 13.2 Å². The number of ether oxygens (including phenoxy) is 1. The Morgan fingerprint density at radius 2 is 2.20 bits per heavy atom. The summed E-state index contributed by atoms with van der Waals surface area (Å²) in [4.78, 5) is 18.7. The lowest BCUT2D eigenvalue weighted by molar-refractivity contribution is -0.143. The van der Waals surface area contributed by atoms with Gasteiger partial charge in [-0.1, -0.05) is 25.1 Å². The van der Waals surface area contributed by atoms with Crippen LogP contribution in [-0.4, -0.2) is 27.8 Å². The summed E-state index contributed by atoms with van der Waals surface area (Å²) in [5, 5.41) is -0.755. The Morgan fingerprint density at radius 3 is 2.80 bits per heavy atom. The Kier molecular flexibility index (Phi) is 6.25. The van der Waals surface area contributed by atoms with Gasteiger partial charge in [-0.05, 0) is 19.4 Å². The van der Waals surface area contributed by atoms with Gasteiger partial charge in [-0.25, -0.2) is 9.97 Å². The Labute approximate surface area is 119 Å². The molecule has 0 bridgehead atoms. The van der Waals surface area contributed by atoms with E-state index in [-0.39, 0.29) is 5.16 Å². The van der Waals surface area contributed by atoms with E-state index in [1.54, 1.807) is 6.92 Å². The minimum atomic E-state index is -4.52. The van der Waals surface area contributed by atoms with Crippen molar-refractivity contribution in [2.45, 2.75) is 43.3 Å². The minimum absolute atomic E-state index is 0.0974. The molecular formula is C12H15F3N2O2S. The number of rotatable bonds is 6. The maximum absolute atomic E-state index is 12.5. The van der Waals surface area contributed by atoms with Crippen molar-refractivity contribution in [3.8, 4) is 0 Å². The van der Waals surface area contributed by atoms with Gasteiger partial charge in [0.25, 0.3) is 0 Å². The van der Waals surface area contributed by atoms with Crippen LogP contribution in [0.3, 0.4) is 0 Å². The van der Waals surface area contributed by atoms with Crippen molar-refractivity contribution in [3.05, 3.63) is 18.0 Å². The second-order valence-corrected chi connectivity index (χ2v) is 5.31. The fraction of sp³-hybridized carbons (Fsp3) is 0.583. The molecule has 112 valence electrons. The smallest absolute Gasteiger partial charge is 0.433 e. The molecule has 1 heterocycles. The van der Waals surface area contributed by atoms with Crippen molar-refractivity contribution in [2.24, 2.45) is 0 Å². The molecule has 1 unspecified atom stereocenters. The van der Waals surface area contributed by atoms with E-state index in [0.717, 1.165) is 36.9 Å². The predicted molar refractivity (Wildman–Crippen MR) is 68.2 cm³/mol. The number of esters is 1. The van der Waals surface area contributed by atoms with E-state index in [0.29, 0.717) is 6.61 Å². The van der Waals surface area contributed by atoms with Crippen LogP contribution in [-0.2, 0) is 15.7 Å². The number of carbonyl (C=O) groups is 1. The third-order valence-electron chi connectivity index (χ3n) is 2.28. The zero-order valence-corrected chi connectivity index (χ0v) is 11.9. The first-order chi connectivity index (χ1) is 9.34. The van der Waals surface area contributed by atoms with Gasteiger partial charge < -0.3 is 4.74 Å². The number of halogens is 3. The van der Waals surface area contributed by atoms with Crippen LogP contribution >= 0.6 is 11.8 Å². The number of alkyl halides is 3. The van der Waals surface area contributed by atoms with Crippen LogP contribution in [0.5, 0.6) is 0 Å². The summed E-state index contributed by atoms with van der Waals surface area (Å²) in [5.41, 5.74) is -1.03. The van der Waals surface area contributed by atoms with Gasteiger partial charge in [-0.3, -0.25) is 4.79 Å². The Morgan fingerprint density at radius 1 is 1.50 bits per heavy atom. The maximum atomic E-state index is 12.5. The molecule has 0 saturated carbocycles. The van der Waals surface area contributed by atoms with E-state index in [9.17, 15) is 18.0 Å². The molecule has 1 atom stereocenters. The molecule has 1 rings (SSSR count). The maximum Gasteiger partial charge on any atom is 0.433 e. The average Bonchev–Trinajstić information content (AvgIpc) is 2.38. The lowest BCUT2D eigenvalue weighted by Crippen LogP contribution is -2.18. The van der Waals surface area contributed by atoms with Crippen LogP contribution in [0.4, 0.5) is 13.2 Å². The highest BCUT2D eigenvalue weighted by Crippen LogP contribution is 2.29. The molecule has 0 fully saturated rings. The Hall–Kier alpha value is -1.31. The summed E-state index contributed by atoms with van der Waals surface area (Å²) >= 11 is 0.843. The molecule has 0 amide bonds. The summed E-state index contributed by atoms with van der Waals surface area (Å²) in [5.74, 6) is -0.482. The Bertz CT molecular complexity index is 455. The molecular weight excluding hydrogens is 293 g/mol. The van der Waals surface area contributed by atoms with Gasteiger partial charge in [0.1, 0.15) is 10.9 Å². The third-order valence-corrected chi connectivity index (χ3v) is 3.23. The number of aromatic nitrogens is 2. The number of unbranched alkanes of at least 4 members (excludes halogenated alkanes) is 1. The molecule has 1 aromatic heterocycles. The molecule has 8 heteroatoms. The Balaban J connectivity index is 2.62. The molecule has 0 saturated heterocycles. The fourth-order valence-corrected chi connectivity index (χ4v) is 1.95. The summed E-state index contributed by atoms with van der Waals surface area (Å²) in [6.07, 6.45) is -1.86. The van der Waals surface area contributed by atoms with Crippen molar-refractivity contribution in [1.29, 1.82) is 0 Å². The zero-order chi connectivity index (χ0) is 15.2. The minimum Gasteiger partial charge on any atom is -0.465 e. The van der Waals surface area contributed by atoms with Crippen molar-refractivity contribution in [2.75, 3.05) is 6.61 Å². The molecule has 0 aliphatic rings. The van der Waals surface area contributed by atoms with Crippen molar-refractivity contribution < 1.29 is 22.7 Å². The standard InChI is InChI=1S/C12H15F3N2O2S/c1-3-4-7-19-10(18)8(2)20-11-16-6-5-9(17-11)12(13,14)15/h5-6,8H,3-4,7H2,1-2H3. The highest BCUT2D eigenvalue weighted by atomic mass is 32.2. The van der Waals surface area contributed by atoms with E-state index in [4.69, 9.17) is 4.74 Å². The summed E-state index contributed by atoms with van der Waals surface area (Å²) in [6, 6.07) is 0.786. The number of hydrogen-bond acceptors (Lipinski definition) is 5. The molecule has 4 nitrogen and oxygen atoms in total. The quantitative estimate of drug-likeness (QED) is 0.349. The summed E-state index contributed by atoms with van der Waals surface area (Å²) < 4.78 is 42.4. The molecule has 0 spiro atoms. The number of hydrogen-bond donors (Lipinski definition) is 0. The molecule has 1 aromatic rings. The highest BCUT2D eigenvalue weighted by Gasteiger charge is 2.33. The zero-order valence-electron chi connectivity index (χ0n) is 11.1. The first-order valence-corrected chi connectivity index (χ1v) is 6.96. The molecule has 0 aliphatic carbocycles. The summed E-state index contributed by atoms with van der Waals surface area (Å²) in [6.45, 7) is 3.81. The molecule has 0 radical (unpaired) electrons. The monoisotopic (exact) mass is 308 g/mol. The van der Waals surface area contributed by atoms with Gasteiger partial charge in [0.15, 0.2) is 5.16 Å². The van der Waals surface area contributed by atoms with Crippen LogP contribution in [0.1, 0.15) is 32.4 Å². The molecule has 0 N–H and O–H groups in total. The lowest BCUT2D eigenvalue weighted by Gasteiger charge is -2.11. The average molecular weight is 308 g/mol. The lowest BCUT2D eigenvalue weighted by atomic mass is 10.4. The van der Waals surface area contributed by atoms with E-state index < -0.39 is 23.1 Å². The topological polar surface area (TPSA) is 52.1 Å². The van der Waals surface area contributed by atoms with Gasteiger partial charge >= 0.3 is 12.1 Å². The van der Waals surface area contributed by atoms with E-state index in [1.807, 2.05) is 6.92 Å². The van der Waals surface area contributed by atoms with E-state index >= 15 is 0 Å². The molecule has 0 aromatic carbocycles. The van der Waals surface area contributed by atoms with Gasteiger partial charge in [-0.15, -0.1) is 0 Å². The highest BCUT2D eigenvalue weighted by molar-refractivity contribution is 8.00. The number of nitrogens with zero attached hydrogens (tertiary/aromatic N) is 2. The van der Waals surface area contributed by atoms with E-state index in [2.05, 4.69) is 9.97 Å². The third kappa shape index (κ3) is 5.36. The van der Waals surface area contributed by atoms with Crippen molar-refractivity contribution in [1.82, 2.24) is 9.97 Å². The normalized spacial score (nSPS) is 13.1. The fourth-order valence-electron chi connectivity index (χ4n) is 1.20. The van der Waals surface area contributed by atoms with Crippen LogP contribution in [0, 0.1) is 0 Å². The van der Waals surface area contributed by atoms with Crippen LogP contribution in [0.15, 0.2) is 17.4 Å². The first kappa shape index (κ1) is 16.7. The predicted octanol–water partition coefficient (Wildman–Crippen LogP) is 3.32. The van der Waals surface area contributed by atoms with Crippen LogP contribution in [0.25, 0.3) is 0 Å². The number of carbonyl (C=O) groups excluding carboxylic acids is 1. The van der Waals surface area contributed by atoms with Crippen LogP contribution < -0.4 is 0 Å². The molecule has 0 aliphatic heterocycles. The van der Waals surface area contributed by atoms with Crippen molar-refractivity contribution >= 4 is 17.7 Å². The second-order valence-electron chi connectivity index (χ2n) is 4.00. The van der Waals surface area contributed by atoms with E-state index in [1.165, 1.54) is 0 Å². The first-order valence-electron chi connectivity index (χ1n) is 6.08. The SMILES string of the molecule is CCCCOC(=O)C(C)Sc1nccc(C(F)(F)F)n1. The van der Waals surface area contributed by atoms with Crippen molar-refractivity contribution in [3.63, 3.8) is 0 Å². The van der Waals surface area contributed by atoms with Crippen LogP contribution in [0.2, 0.25) is 0 Å². The molecule has 20 heavy (non-hydrogen) atoms.